The van der Waals surface area contributed by atoms with Crippen molar-refractivity contribution in [3.8, 4) is 0 Å². The Hall–Kier alpha value is -3.27. The van der Waals surface area contributed by atoms with E-state index in [1.807, 2.05) is 21.1 Å². The smallest absolute Gasteiger partial charge is 0.306 e. The van der Waals surface area contributed by atoms with E-state index in [0.29, 0.717) is 17.4 Å². The van der Waals surface area contributed by atoms with Gasteiger partial charge in [-0.2, -0.15) is 0 Å². The zero-order valence-corrected chi connectivity index (χ0v) is 51.5. The maximum absolute atomic E-state index is 12.9. The molecule has 0 aromatic carbocycles. The number of allylic oxidation sites excluding steroid dienone is 12. The number of carbonyl (C=O) groups is 3. The van der Waals surface area contributed by atoms with Crippen LogP contribution < -0.4 is 5.11 Å². The minimum absolute atomic E-state index is 0.146. The van der Waals surface area contributed by atoms with Gasteiger partial charge in [-0.25, -0.2) is 0 Å². The first-order chi connectivity index (χ1) is 38.1. The zero-order chi connectivity index (χ0) is 56.9. The van der Waals surface area contributed by atoms with Crippen molar-refractivity contribution >= 4 is 17.9 Å². The Balaban J connectivity index is 4.06. The molecule has 0 saturated heterocycles. The lowest BCUT2D eigenvalue weighted by Crippen LogP contribution is -2.44. The molecule has 9 nitrogen and oxygen atoms in total. The molecule has 452 valence electrons. The molecule has 0 amide bonds. The van der Waals surface area contributed by atoms with E-state index < -0.39 is 24.3 Å². The van der Waals surface area contributed by atoms with Gasteiger partial charge in [-0.1, -0.05) is 267 Å². The number of likely N-dealkylation sites (N-methyl/N-ethyl adjacent to an activating group) is 1. The zero-order valence-electron chi connectivity index (χ0n) is 51.5. The first-order valence-corrected chi connectivity index (χ1v) is 32.6. The molecule has 0 radical (unpaired) electrons. The molecule has 0 heterocycles. The van der Waals surface area contributed by atoms with E-state index in [4.69, 9.17) is 18.9 Å². The highest BCUT2D eigenvalue weighted by Crippen LogP contribution is 2.17. The van der Waals surface area contributed by atoms with Crippen molar-refractivity contribution in [3.63, 3.8) is 0 Å². The minimum atomic E-state index is -1.62. The Morgan fingerprint density at radius 3 is 1.09 bits per heavy atom. The van der Waals surface area contributed by atoms with Crippen molar-refractivity contribution in [1.82, 2.24) is 0 Å². The predicted molar refractivity (Wildman–Crippen MR) is 329 cm³/mol. The molecule has 0 fully saturated rings. The first-order valence-electron chi connectivity index (χ1n) is 32.6. The fraction of sp³-hybridized carbons (Fsp3) is 0.783. The SMILES string of the molecule is CC/C=C\C/C=C\C/C=C\C/C=C\CCCCCCCCCCCCCCCCCCCCCCCCC(=O)OC(COC(=O)CCCCCCCCC/C=C\C/C=C\CCCCCC)COC(OCC[N+](C)(C)C)C(=O)[O-]. The number of quaternary nitrogens is 1. The molecule has 0 aromatic heterocycles. The van der Waals surface area contributed by atoms with Crippen LogP contribution in [0.4, 0.5) is 0 Å². The highest BCUT2D eigenvalue weighted by Gasteiger charge is 2.22. The van der Waals surface area contributed by atoms with Gasteiger partial charge in [-0.15, -0.1) is 0 Å². The van der Waals surface area contributed by atoms with Crippen LogP contribution in [0.15, 0.2) is 72.9 Å². The van der Waals surface area contributed by atoms with Crippen LogP contribution in [-0.4, -0.2) is 82.3 Å². The monoisotopic (exact) mass is 1090 g/mol. The molecular formula is C69H123NO8. The number of rotatable bonds is 60. The summed E-state index contributed by atoms with van der Waals surface area (Å²) in [6, 6.07) is 0. The molecule has 2 atom stereocenters. The van der Waals surface area contributed by atoms with Crippen LogP contribution in [0.5, 0.6) is 0 Å². The van der Waals surface area contributed by atoms with Gasteiger partial charge in [0.1, 0.15) is 13.2 Å². The second kappa shape index (κ2) is 59.8. The lowest BCUT2D eigenvalue weighted by Gasteiger charge is -2.26. The van der Waals surface area contributed by atoms with Gasteiger partial charge in [-0.3, -0.25) is 9.59 Å². The molecular weight excluding hydrogens is 971 g/mol. The number of carbonyl (C=O) groups excluding carboxylic acids is 3. The highest BCUT2D eigenvalue weighted by molar-refractivity contribution is 5.70. The largest absolute Gasteiger partial charge is 0.545 e. The van der Waals surface area contributed by atoms with Gasteiger partial charge < -0.3 is 33.3 Å². The topological polar surface area (TPSA) is 111 Å². The molecule has 0 rings (SSSR count). The van der Waals surface area contributed by atoms with Gasteiger partial charge in [0.05, 0.1) is 40.3 Å². The van der Waals surface area contributed by atoms with Crippen LogP contribution in [0.3, 0.4) is 0 Å². The van der Waals surface area contributed by atoms with Gasteiger partial charge in [0, 0.05) is 12.8 Å². The van der Waals surface area contributed by atoms with E-state index in [-0.39, 0.29) is 38.6 Å². The van der Waals surface area contributed by atoms with Crippen LogP contribution in [0.1, 0.15) is 290 Å². The molecule has 0 aliphatic rings. The van der Waals surface area contributed by atoms with E-state index in [1.54, 1.807) is 0 Å². The van der Waals surface area contributed by atoms with Crippen molar-refractivity contribution < 1.29 is 42.9 Å². The number of ether oxygens (including phenoxy) is 4. The lowest BCUT2D eigenvalue weighted by atomic mass is 10.0. The number of nitrogens with zero attached hydrogens (tertiary/aromatic N) is 1. The minimum Gasteiger partial charge on any atom is -0.545 e. The number of hydrogen-bond acceptors (Lipinski definition) is 8. The summed E-state index contributed by atoms with van der Waals surface area (Å²) in [7, 11) is 5.93. The number of carboxylic acids is 1. The fourth-order valence-corrected chi connectivity index (χ4v) is 9.21. The Bertz CT molecular complexity index is 1510. The average Bonchev–Trinajstić information content (AvgIpc) is 3.41. The molecule has 9 heteroatoms. The molecule has 2 unspecified atom stereocenters. The number of unbranched alkanes of at least 4 members (excludes halogenated alkanes) is 33. The van der Waals surface area contributed by atoms with Crippen molar-refractivity contribution in [2.24, 2.45) is 0 Å². The summed E-state index contributed by atoms with van der Waals surface area (Å²) < 4.78 is 22.7. The van der Waals surface area contributed by atoms with Crippen LogP contribution in [0, 0.1) is 0 Å². The summed E-state index contributed by atoms with van der Waals surface area (Å²) in [6.45, 7) is 4.64. The molecule has 0 N–H and O–H groups in total. The molecule has 78 heavy (non-hydrogen) atoms. The number of aliphatic carboxylic acids is 1. The fourth-order valence-electron chi connectivity index (χ4n) is 9.21. The summed E-state index contributed by atoms with van der Waals surface area (Å²) in [4.78, 5) is 37.4. The van der Waals surface area contributed by atoms with Gasteiger partial charge >= 0.3 is 11.9 Å². The Labute approximate surface area is 481 Å². The van der Waals surface area contributed by atoms with Crippen LogP contribution in [0.25, 0.3) is 0 Å². The van der Waals surface area contributed by atoms with E-state index in [2.05, 4.69) is 86.8 Å². The normalized spacial score (nSPS) is 13.2. The van der Waals surface area contributed by atoms with Crippen molar-refractivity contribution in [2.75, 3.05) is 47.5 Å². The number of hydrogen-bond donors (Lipinski definition) is 0. The summed E-state index contributed by atoms with van der Waals surface area (Å²) >= 11 is 0. The van der Waals surface area contributed by atoms with Gasteiger partial charge in [0.2, 0.25) is 0 Å². The molecule has 0 aromatic rings. The van der Waals surface area contributed by atoms with Crippen molar-refractivity contribution in [1.29, 1.82) is 0 Å². The predicted octanol–water partition coefficient (Wildman–Crippen LogP) is 18.4. The van der Waals surface area contributed by atoms with Gasteiger partial charge in [-0.05, 0) is 83.5 Å². The van der Waals surface area contributed by atoms with E-state index >= 15 is 0 Å². The van der Waals surface area contributed by atoms with E-state index in [9.17, 15) is 19.5 Å². The Kier molecular flexibility index (Phi) is 57.3. The summed E-state index contributed by atoms with van der Waals surface area (Å²) in [5.74, 6) is -2.28. The number of esters is 2. The molecule has 0 spiro atoms. The Morgan fingerprint density at radius 2 is 0.731 bits per heavy atom. The van der Waals surface area contributed by atoms with Gasteiger partial charge in [0.15, 0.2) is 12.4 Å². The van der Waals surface area contributed by atoms with Crippen molar-refractivity contribution in [3.05, 3.63) is 72.9 Å². The second-order valence-electron chi connectivity index (χ2n) is 23.0. The van der Waals surface area contributed by atoms with Crippen LogP contribution >= 0.6 is 0 Å². The standard InChI is InChI=1S/C69H123NO8/c1-6-8-10-12-14-16-18-20-22-24-26-27-28-29-30-31-32-33-34-35-36-37-38-39-40-41-42-44-46-48-50-52-54-56-58-60-67(72)78-65(64-77-69(68(73)74)75-62-61-70(3,4)5)63-76-66(71)59-57-55-53-51-49-47-45-43-25-23-21-19-17-15-13-11-9-7-2/h8,10,14,16-17,19-20,22-23,25-27,65,69H,6-7,9,11-13,15,18,21,24,28-64H2,1-5H3/b10-8-,16-14-,19-17-,22-20-,25-23-,27-26-. The quantitative estimate of drug-likeness (QED) is 0.0195. The number of carboxylic acid groups (broad SMARTS) is 1. The molecule has 0 aliphatic heterocycles. The lowest BCUT2D eigenvalue weighted by molar-refractivity contribution is -0.870. The van der Waals surface area contributed by atoms with E-state index in [1.165, 1.54) is 180 Å². The van der Waals surface area contributed by atoms with E-state index in [0.717, 1.165) is 77.0 Å². The van der Waals surface area contributed by atoms with Crippen molar-refractivity contribution in [2.45, 2.75) is 302 Å². The van der Waals surface area contributed by atoms with Crippen LogP contribution in [-0.2, 0) is 33.3 Å². The summed E-state index contributed by atoms with van der Waals surface area (Å²) in [5, 5.41) is 11.8. The first kappa shape index (κ1) is 74.7. The van der Waals surface area contributed by atoms with Gasteiger partial charge in [0.25, 0.3) is 0 Å². The second-order valence-corrected chi connectivity index (χ2v) is 23.0. The third-order valence-corrected chi connectivity index (χ3v) is 14.2. The maximum atomic E-state index is 12.9. The summed E-state index contributed by atoms with van der Waals surface area (Å²) in [6.07, 6.45) is 75.5. The third kappa shape index (κ3) is 60.4. The molecule has 0 bridgehead atoms. The van der Waals surface area contributed by atoms with Crippen LogP contribution in [0.2, 0.25) is 0 Å². The Morgan fingerprint density at radius 1 is 0.397 bits per heavy atom. The third-order valence-electron chi connectivity index (χ3n) is 14.2. The molecule has 0 saturated carbocycles. The highest BCUT2D eigenvalue weighted by atomic mass is 16.7. The maximum Gasteiger partial charge on any atom is 0.306 e. The molecule has 0 aliphatic carbocycles. The summed E-state index contributed by atoms with van der Waals surface area (Å²) in [5.41, 5.74) is 0. The average molecular weight is 1090 g/mol.